The Kier molecular flexibility index (Phi) is 3.96. The molecular formula is C19H12Cl2N2O5. The highest BCUT2D eigenvalue weighted by Crippen LogP contribution is 2.40. The highest BCUT2D eigenvalue weighted by atomic mass is 35.5. The minimum Gasteiger partial charge on any atom is -0.486 e. The number of imide groups is 1. The highest BCUT2D eigenvalue weighted by Gasteiger charge is 2.56. The molecule has 0 aromatic heterocycles. The van der Waals surface area contributed by atoms with E-state index < -0.39 is 23.8 Å². The summed E-state index contributed by atoms with van der Waals surface area (Å²) < 4.78 is 11.0. The van der Waals surface area contributed by atoms with Crippen LogP contribution in [0, 0.1) is 5.92 Å². The fourth-order valence-corrected chi connectivity index (χ4v) is 4.03. The molecule has 0 saturated carbocycles. The lowest BCUT2D eigenvalue weighted by Gasteiger charge is -2.21. The summed E-state index contributed by atoms with van der Waals surface area (Å²) in [6.07, 6.45) is -1.03. The smallest absolute Gasteiger partial charge is 0.278 e. The summed E-state index contributed by atoms with van der Waals surface area (Å²) in [4.78, 5) is 32.4. The summed E-state index contributed by atoms with van der Waals surface area (Å²) in [6, 6.07) is 9.75. The van der Waals surface area contributed by atoms with Gasteiger partial charge in [0.1, 0.15) is 24.8 Å². The second kappa shape index (κ2) is 6.39. The molecule has 2 atom stereocenters. The normalized spacial score (nSPS) is 22.8. The zero-order chi connectivity index (χ0) is 19.4. The number of nitrogens with zero attached hydrogens (tertiary/aromatic N) is 2. The van der Waals surface area contributed by atoms with Gasteiger partial charge in [0.05, 0.1) is 10.7 Å². The molecule has 2 aromatic carbocycles. The third-order valence-corrected chi connectivity index (χ3v) is 5.35. The topological polar surface area (TPSA) is 77.4 Å². The molecule has 5 rings (SSSR count). The predicted molar refractivity (Wildman–Crippen MR) is 101 cm³/mol. The summed E-state index contributed by atoms with van der Waals surface area (Å²) in [5.41, 5.74) is 1.20. The van der Waals surface area contributed by atoms with E-state index in [-0.39, 0.29) is 0 Å². The number of hydrogen-bond donors (Lipinski definition) is 0. The van der Waals surface area contributed by atoms with E-state index in [1.165, 1.54) is 0 Å². The van der Waals surface area contributed by atoms with Gasteiger partial charge in [0.2, 0.25) is 12.0 Å². The van der Waals surface area contributed by atoms with Gasteiger partial charge in [-0.3, -0.25) is 9.59 Å². The second-order valence-electron chi connectivity index (χ2n) is 6.44. The summed E-state index contributed by atoms with van der Waals surface area (Å²) in [5, 5.41) is 4.74. The van der Waals surface area contributed by atoms with Crippen LogP contribution >= 0.6 is 23.2 Å². The van der Waals surface area contributed by atoms with Gasteiger partial charge in [-0.2, -0.15) is 0 Å². The summed E-state index contributed by atoms with van der Waals surface area (Å²) in [5.74, 6) is -0.749. The van der Waals surface area contributed by atoms with E-state index in [9.17, 15) is 9.59 Å². The van der Waals surface area contributed by atoms with Crippen molar-refractivity contribution in [1.82, 2.24) is 0 Å². The van der Waals surface area contributed by atoms with E-state index in [1.807, 2.05) is 0 Å². The van der Waals surface area contributed by atoms with E-state index in [2.05, 4.69) is 5.16 Å². The molecule has 0 unspecified atom stereocenters. The molecule has 0 radical (unpaired) electrons. The molecule has 0 bridgehead atoms. The first kappa shape index (κ1) is 17.3. The predicted octanol–water partition coefficient (Wildman–Crippen LogP) is 3.06. The second-order valence-corrected chi connectivity index (χ2v) is 7.29. The van der Waals surface area contributed by atoms with Gasteiger partial charge in [0.25, 0.3) is 5.91 Å². The van der Waals surface area contributed by atoms with Gasteiger partial charge in [-0.1, -0.05) is 34.4 Å². The summed E-state index contributed by atoms with van der Waals surface area (Å²) >= 11 is 12.2. The fourth-order valence-electron chi connectivity index (χ4n) is 3.52. The number of carbonyl (C=O) groups is 2. The molecule has 0 spiro atoms. The van der Waals surface area contributed by atoms with Crippen LogP contribution in [-0.4, -0.2) is 36.8 Å². The minimum atomic E-state index is -1.03. The molecule has 3 aliphatic heterocycles. The van der Waals surface area contributed by atoms with Crippen LogP contribution < -0.4 is 14.4 Å². The molecule has 28 heavy (non-hydrogen) atoms. The number of rotatable bonds is 2. The number of carbonyl (C=O) groups excluding carboxylic acids is 2. The minimum absolute atomic E-state index is 0.310. The van der Waals surface area contributed by atoms with Crippen LogP contribution in [0.25, 0.3) is 0 Å². The largest absolute Gasteiger partial charge is 0.486 e. The quantitative estimate of drug-likeness (QED) is 0.700. The first-order valence-corrected chi connectivity index (χ1v) is 9.27. The van der Waals surface area contributed by atoms with Crippen molar-refractivity contribution in [3.05, 3.63) is 52.0 Å². The number of amides is 2. The maximum absolute atomic E-state index is 13.1. The van der Waals surface area contributed by atoms with Crippen molar-refractivity contribution in [2.75, 3.05) is 18.1 Å². The van der Waals surface area contributed by atoms with Crippen LogP contribution in [0.2, 0.25) is 10.0 Å². The number of oxime groups is 1. The molecule has 3 aliphatic rings. The van der Waals surface area contributed by atoms with Crippen LogP contribution in [0.15, 0.2) is 41.6 Å². The molecular weight excluding hydrogens is 407 g/mol. The van der Waals surface area contributed by atoms with E-state index in [4.69, 9.17) is 37.5 Å². The molecule has 9 heteroatoms. The van der Waals surface area contributed by atoms with E-state index in [1.54, 1.807) is 36.4 Å². The van der Waals surface area contributed by atoms with Crippen molar-refractivity contribution in [1.29, 1.82) is 0 Å². The van der Waals surface area contributed by atoms with Crippen molar-refractivity contribution >= 4 is 46.4 Å². The van der Waals surface area contributed by atoms with Crippen LogP contribution in [0.3, 0.4) is 0 Å². The van der Waals surface area contributed by atoms with E-state index >= 15 is 0 Å². The molecule has 2 amide bonds. The maximum Gasteiger partial charge on any atom is 0.278 e. The Bertz CT molecular complexity index is 1050. The SMILES string of the molecule is O=C1[C@@H]2C(c3ccc(Cl)cc3Cl)=NO[C@H]2C(=O)N1c1ccc2c(c1)OCCO2. The Labute approximate surface area is 169 Å². The third kappa shape index (κ3) is 2.54. The molecule has 2 aromatic rings. The van der Waals surface area contributed by atoms with Crippen molar-refractivity contribution in [2.45, 2.75) is 6.10 Å². The summed E-state index contributed by atoms with van der Waals surface area (Å²) in [7, 11) is 0. The van der Waals surface area contributed by atoms with Gasteiger partial charge in [-0.25, -0.2) is 4.90 Å². The molecule has 1 saturated heterocycles. The Hall–Kier alpha value is -2.77. The Balaban J connectivity index is 1.50. The van der Waals surface area contributed by atoms with Crippen molar-refractivity contribution in [3.63, 3.8) is 0 Å². The van der Waals surface area contributed by atoms with Gasteiger partial charge < -0.3 is 14.3 Å². The monoisotopic (exact) mass is 418 g/mol. The zero-order valence-electron chi connectivity index (χ0n) is 14.2. The van der Waals surface area contributed by atoms with Gasteiger partial charge in [-0.15, -0.1) is 0 Å². The number of halogens is 2. The average molecular weight is 419 g/mol. The first-order valence-electron chi connectivity index (χ1n) is 8.51. The van der Waals surface area contributed by atoms with E-state index in [0.29, 0.717) is 51.7 Å². The zero-order valence-corrected chi connectivity index (χ0v) is 15.7. The lowest BCUT2D eigenvalue weighted by molar-refractivity contribution is -0.126. The highest BCUT2D eigenvalue weighted by molar-refractivity contribution is 6.39. The number of anilines is 1. The number of ether oxygens (including phenoxy) is 2. The lowest BCUT2D eigenvalue weighted by atomic mass is 9.94. The number of benzene rings is 2. The van der Waals surface area contributed by atoms with Gasteiger partial charge in [0.15, 0.2) is 11.5 Å². The van der Waals surface area contributed by atoms with Crippen LogP contribution in [0.5, 0.6) is 11.5 Å². The van der Waals surface area contributed by atoms with Crippen LogP contribution in [-0.2, 0) is 14.4 Å². The van der Waals surface area contributed by atoms with Crippen LogP contribution in [0.4, 0.5) is 5.69 Å². The Morgan fingerprint density at radius 2 is 1.75 bits per heavy atom. The van der Waals surface area contributed by atoms with Crippen LogP contribution in [0.1, 0.15) is 5.56 Å². The molecule has 142 valence electrons. The maximum atomic E-state index is 13.1. The average Bonchev–Trinajstić information content (AvgIpc) is 3.22. The van der Waals surface area contributed by atoms with Crippen molar-refractivity contribution < 1.29 is 23.9 Å². The standard InChI is InChI=1S/C19H12Cl2N2O5/c20-9-1-3-11(12(21)7-9)16-15-17(28-22-16)19(25)23(18(15)24)10-2-4-13-14(8-10)27-6-5-26-13/h1-4,7-8,15,17H,5-6H2/t15-,17-/m1/s1. The van der Waals surface area contributed by atoms with Gasteiger partial charge in [-0.05, 0) is 24.3 Å². The molecule has 1 fully saturated rings. The molecule has 0 N–H and O–H groups in total. The van der Waals surface area contributed by atoms with Gasteiger partial charge >= 0.3 is 0 Å². The molecule has 3 heterocycles. The Morgan fingerprint density at radius 3 is 2.54 bits per heavy atom. The van der Waals surface area contributed by atoms with Crippen molar-refractivity contribution in [2.24, 2.45) is 11.1 Å². The lowest BCUT2D eigenvalue weighted by Crippen LogP contribution is -2.33. The molecule has 7 nitrogen and oxygen atoms in total. The third-order valence-electron chi connectivity index (χ3n) is 4.80. The summed E-state index contributed by atoms with van der Waals surface area (Å²) in [6.45, 7) is 0.853. The number of fused-ring (bicyclic) bond motifs is 2. The molecule has 0 aliphatic carbocycles. The van der Waals surface area contributed by atoms with Crippen molar-refractivity contribution in [3.8, 4) is 11.5 Å². The number of hydrogen-bond acceptors (Lipinski definition) is 6. The first-order chi connectivity index (χ1) is 13.5. The fraction of sp³-hybridized carbons (Fsp3) is 0.211. The Morgan fingerprint density at radius 1 is 0.964 bits per heavy atom. The van der Waals surface area contributed by atoms with Gasteiger partial charge in [0, 0.05) is 16.7 Å². The van der Waals surface area contributed by atoms with E-state index in [0.717, 1.165) is 4.90 Å².